The number of benzene rings is 1. The average molecular weight is 411 g/mol. The Kier molecular flexibility index (Phi) is 5.54. The van der Waals surface area contributed by atoms with Crippen LogP contribution < -0.4 is 5.73 Å². The molecule has 1 atom stereocenters. The second-order valence-corrected chi connectivity index (χ2v) is 9.12. The molecule has 0 saturated heterocycles. The van der Waals surface area contributed by atoms with Crippen molar-refractivity contribution in [3.8, 4) is 0 Å². The highest BCUT2D eigenvalue weighted by Crippen LogP contribution is 2.42. The molecule has 0 aliphatic heterocycles. The van der Waals surface area contributed by atoms with E-state index in [0.29, 0.717) is 16.7 Å². The molecule has 0 spiro atoms. The summed E-state index contributed by atoms with van der Waals surface area (Å²) < 4.78 is 24.4. The summed E-state index contributed by atoms with van der Waals surface area (Å²) in [5, 5.41) is 1.73. The van der Waals surface area contributed by atoms with Crippen molar-refractivity contribution in [3.05, 3.63) is 59.0 Å². The van der Waals surface area contributed by atoms with Gasteiger partial charge in [-0.05, 0) is 80.2 Å². The first-order valence-corrected chi connectivity index (χ1v) is 11.4. The molecule has 0 bridgehead atoms. The fourth-order valence-electron chi connectivity index (χ4n) is 4.46. The van der Waals surface area contributed by atoms with Crippen LogP contribution in [0.2, 0.25) is 0 Å². The zero-order valence-electron chi connectivity index (χ0n) is 16.6. The number of nitrogens with zero attached hydrogens (tertiary/aromatic N) is 1. The molecule has 1 amide bonds. The number of allylic oxidation sites excluding steroid dienone is 3. The third kappa shape index (κ3) is 4.27. The van der Waals surface area contributed by atoms with Crippen molar-refractivity contribution in [1.29, 1.82) is 0 Å². The summed E-state index contributed by atoms with van der Waals surface area (Å²) in [6.45, 7) is 1.91. The molecule has 2 aromatic rings. The number of hydrogen-bond acceptors (Lipinski definition) is 4. The minimum Gasteiger partial charge on any atom is -0.366 e. The van der Waals surface area contributed by atoms with Gasteiger partial charge in [-0.2, -0.15) is 0 Å². The lowest BCUT2D eigenvalue weighted by atomic mass is 9.96. The minimum atomic E-state index is -2.68. The molecule has 2 aliphatic carbocycles. The smallest absolute Gasteiger partial charge is 0.241 e. The van der Waals surface area contributed by atoms with Crippen LogP contribution >= 0.6 is 0 Å². The third-order valence-electron chi connectivity index (χ3n) is 5.94. The number of aromatic nitrogens is 1. The number of nitrogens with two attached hydrogens (primary N) is 1. The van der Waals surface area contributed by atoms with Gasteiger partial charge >= 0.3 is 0 Å². The van der Waals surface area contributed by atoms with Crippen LogP contribution in [0.1, 0.15) is 55.3 Å². The van der Waals surface area contributed by atoms with Crippen LogP contribution in [-0.4, -0.2) is 19.3 Å². The maximum absolute atomic E-state index is 12.2. The highest BCUT2D eigenvalue weighted by atomic mass is 32.2. The predicted octanol–water partition coefficient (Wildman–Crippen LogP) is 3.57. The van der Waals surface area contributed by atoms with Gasteiger partial charge in [-0.25, -0.2) is 8.42 Å². The molecule has 4 rings (SSSR count). The molecule has 6 heteroatoms. The maximum atomic E-state index is 12.2. The Morgan fingerprint density at radius 3 is 2.72 bits per heavy atom. The van der Waals surface area contributed by atoms with E-state index >= 15 is 0 Å². The molecule has 5 nitrogen and oxygen atoms in total. The first kappa shape index (κ1) is 19.8. The molecule has 1 heterocycles. The van der Waals surface area contributed by atoms with Crippen molar-refractivity contribution in [3.63, 3.8) is 0 Å². The first-order valence-electron chi connectivity index (χ1n) is 10.2. The number of fused-ring (bicyclic) bond motifs is 2. The van der Waals surface area contributed by atoms with Gasteiger partial charge in [0, 0.05) is 34.7 Å². The van der Waals surface area contributed by atoms with Crippen LogP contribution in [0, 0.1) is 5.92 Å². The number of primary amides is 1. The van der Waals surface area contributed by atoms with Crippen molar-refractivity contribution in [2.75, 3.05) is 0 Å². The van der Waals surface area contributed by atoms with E-state index in [1.165, 1.54) is 6.08 Å². The maximum Gasteiger partial charge on any atom is 0.241 e. The topological polar surface area (TPSA) is 90.1 Å². The molecule has 152 valence electrons. The third-order valence-corrected chi connectivity index (χ3v) is 6.82. The quantitative estimate of drug-likeness (QED) is 0.415. The van der Waals surface area contributed by atoms with E-state index in [-0.39, 0.29) is 0 Å². The van der Waals surface area contributed by atoms with Crippen LogP contribution in [0.3, 0.4) is 0 Å². The summed E-state index contributed by atoms with van der Waals surface area (Å²) in [4.78, 5) is 16.3. The Bertz CT molecular complexity index is 1100. The monoisotopic (exact) mass is 410 g/mol. The number of carbonyl (C=O) groups is 1. The zero-order chi connectivity index (χ0) is 20.5. The Hall–Kier alpha value is -2.47. The first-order chi connectivity index (χ1) is 14.0. The molecule has 1 unspecified atom stereocenters. The van der Waals surface area contributed by atoms with Crippen LogP contribution in [-0.2, 0) is 28.3 Å². The van der Waals surface area contributed by atoms with E-state index in [4.69, 9.17) is 5.73 Å². The highest BCUT2D eigenvalue weighted by molar-refractivity contribution is 7.72. The predicted molar refractivity (Wildman–Crippen MR) is 115 cm³/mol. The van der Waals surface area contributed by atoms with Crippen LogP contribution in [0.5, 0.6) is 0 Å². The molecular weight excluding hydrogens is 384 g/mol. The number of carbonyl (C=O) groups excluding carboxylic acids is 1. The summed E-state index contributed by atoms with van der Waals surface area (Å²) in [5.74, 6) is 0.399. The number of pyridine rings is 1. The molecule has 2 aliphatic rings. The van der Waals surface area contributed by atoms with Gasteiger partial charge in [0.25, 0.3) is 0 Å². The lowest BCUT2D eigenvalue weighted by Crippen LogP contribution is -2.07. The number of amides is 1. The van der Waals surface area contributed by atoms with E-state index in [1.54, 1.807) is 0 Å². The lowest BCUT2D eigenvalue weighted by Gasteiger charge is -2.10. The largest absolute Gasteiger partial charge is 0.366 e. The van der Waals surface area contributed by atoms with Gasteiger partial charge in [0.15, 0.2) is 10.7 Å². The van der Waals surface area contributed by atoms with Gasteiger partial charge in [0.1, 0.15) is 0 Å². The fourth-order valence-corrected chi connectivity index (χ4v) is 5.31. The van der Waals surface area contributed by atoms with Gasteiger partial charge < -0.3 is 5.73 Å². The Morgan fingerprint density at radius 1 is 1.28 bits per heavy atom. The zero-order valence-corrected chi connectivity index (χ0v) is 17.5. The van der Waals surface area contributed by atoms with Crippen molar-refractivity contribution in [1.82, 2.24) is 4.98 Å². The van der Waals surface area contributed by atoms with Crippen molar-refractivity contribution in [2.24, 2.45) is 11.7 Å². The number of thiol groups is 1. The average Bonchev–Trinajstić information content (AvgIpc) is 3.43. The lowest BCUT2D eigenvalue weighted by molar-refractivity contribution is -0.113. The molecule has 29 heavy (non-hydrogen) atoms. The minimum absolute atomic E-state index is 0.355. The molecular formula is C23H26N2O3S. The summed E-state index contributed by atoms with van der Waals surface area (Å²) in [6, 6.07) is 4.10. The molecule has 1 aromatic carbocycles. The SMILES string of the molecule is C/C=C\C(=C/C(N)=O)CCC1Cc2cc3cnc(C4CC4)cc3c([SH](=O)=O)c2C1. The fraction of sp³-hybridized carbons (Fsp3) is 0.391. The second-order valence-electron chi connectivity index (χ2n) is 8.16. The molecule has 0 radical (unpaired) electrons. The van der Waals surface area contributed by atoms with Crippen LogP contribution in [0.25, 0.3) is 10.8 Å². The van der Waals surface area contributed by atoms with E-state index in [1.807, 2.05) is 31.3 Å². The molecule has 1 aromatic heterocycles. The summed E-state index contributed by atoms with van der Waals surface area (Å²) in [7, 11) is -2.68. The van der Waals surface area contributed by atoms with Crippen LogP contribution in [0.15, 0.2) is 47.0 Å². The van der Waals surface area contributed by atoms with Gasteiger partial charge in [-0.1, -0.05) is 12.2 Å². The summed E-state index contributed by atoms with van der Waals surface area (Å²) >= 11 is 0. The second kappa shape index (κ2) is 8.11. The number of rotatable bonds is 7. The van der Waals surface area contributed by atoms with Crippen molar-refractivity contribution in [2.45, 2.75) is 56.3 Å². The van der Waals surface area contributed by atoms with E-state index in [0.717, 1.165) is 71.7 Å². The van der Waals surface area contributed by atoms with Gasteiger partial charge in [-0.15, -0.1) is 0 Å². The molecule has 1 fully saturated rings. The van der Waals surface area contributed by atoms with Crippen molar-refractivity contribution < 1.29 is 13.2 Å². The Morgan fingerprint density at radius 2 is 2.07 bits per heavy atom. The van der Waals surface area contributed by atoms with Gasteiger partial charge in [-0.3, -0.25) is 9.78 Å². The normalized spacial score (nSPS) is 19.4. The van der Waals surface area contributed by atoms with E-state index in [9.17, 15) is 13.2 Å². The van der Waals surface area contributed by atoms with E-state index in [2.05, 4.69) is 11.1 Å². The molecule has 1 saturated carbocycles. The summed E-state index contributed by atoms with van der Waals surface area (Å²) in [6.07, 6.45) is 12.6. The Balaban J connectivity index is 1.62. The highest BCUT2D eigenvalue weighted by Gasteiger charge is 2.29. The van der Waals surface area contributed by atoms with Gasteiger partial charge in [0.2, 0.25) is 5.91 Å². The van der Waals surface area contributed by atoms with E-state index < -0.39 is 16.6 Å². The Labute approximate surface area is 172 Å². The standard InChI is InChI=1S/C23H26N2O3S/c1-2-3-14(10-22(24)26)4-5-15-8-17-11-18-13-25-21(16-6-7-16)12-20(18)23(29(27)28)19(17)9-15/h2-3,10-13,15-16,29H,4-9H2,1H3,(H2,24,26)/b3-2-,14-10+. The summed E-state index contributed by atoms with van der Waals surface area (Å²) in [5.41, 5.74) is 9.31. The number of hydrogen-bond donors (Lipinski definition) is 2. The molecule has 2 N–H and O–H groups in total. The van der Waals surface area contributed by atoms with Crippen molar-refractivity contribution >= 4 is 27.4 Å². The van der Waals surface area contributed by atoms with Gasteiger partial charge in [0.05, 0.1) is 4.90 Å². The van der Waals surface area contributed by atoms with Crippen LogP contribution in [0.4, 0.5) is 0 Å².